The van der Waals surface area contributed by atoms with Crippen molar-refractivity contribution in [3.05, 3.63) is 0 Å². The molecule has 21 heavy (non-hydrogen) atoms. The number of nitrogens with zero attached hydrogens (tertiary/aromatic N) is 1. The van der Waals surface area contributed by atoms with Gasteiger partial charge in [-0.25, -0.2) is 0 Å². The van der Waals surface area contributed by atoms with Crippen LogP contribution in [0.1, 0.15) is 72.6 Å². The maximum atomic E-state index is 13.2. The lowest BCUT2D eigenvalue weighted by atomic mass is 9.84. The summed E-state index contributed by atoms with van der Waals surface area (Å²) in [5.74, 6) is 0.449. The highest BCUT2D eigenvalue weighted by Gasteiger charge is 2.54. The Kier molecular flexibility index (Phi) is 4.95. The van der Waals surface area contributed by atoms with Crippen molar-refractivity contribution in [2.45, 2.75) is 90.3 Å². The topological polar surface area (TPSA) is 49.4 Å². The lowest BCUT2D eigenvalue weighted by Gasteiger charge is -2.49. The molecule has 0 bridgehead atoms. The van der Waals surface area contributed by atoms with Gasteiger partial charge in [0.1, 0.15) is 11.6 Å². The monoisotopic (exact) mass is 294 g/mol. The molecule has 2 unspecified atom stereocenters. The molecule has 2 fully saturated rings. The molecule has 1 N–H and O–H groups in total. The maximum Gasteiger partial charge on any atom is 0.249 e. The van der Waals surface area contributed by atoms with Crippen LogP contribution >= 0.6 is 0 Å². The summed E-state index contributed by atoms with van der Waals surface area (Å²) in [4.78, 5) is 27.9. The minimum atomic E-state index is -0.594. The van der Waals surface area contributed by atoms with Gasteiger partial charge in [-0.1, -0.05) is 47.0 Å². The summed E-state index contributed by atoms with van der Waals surface area (Å²) < 4.78 is 0. The molecule has 4 heteroatoms. The van der Waals surface area contributed by atoms with E-state index in [4.69, 9.17) is 0 Å². The molecule has 4 nitrogen and oxygen atoms in total. The fourth-order valence-corrected chi connectivity index (χ4v) is 4.01. The second-order valence-corrected chi connectivity index (χ2v) is 6.79. The van der Waals surface area contributed by atoms with Gasteiger partial charge in [-0.05, 0) is 31.6 Å². The van der Waals surface area contributed by atoms with E-state index in [1.165, 1.54) is 0 Å². The summed E-state index contributed by atoms with van der Waals surface area (Å²) >= 11 is 0. The van der Waals surface area contributed by atoms with Crippen molar-refractivity contribution in [3.63, 3.8) is 0 Å². The first-order valence-electron chi connectivity index (χ1n) is 8.65. The summed E-state index contributed by atoms with van der Waals surface area (Å²) in [5, 5.41) is 3.11. The fraction of sp³-hybridized carbons (Fsp3) is 0.882. The van der Waals surface area contributed by atoms with Crippen LogP contribution in [0.2, 0.25) is 0 Å². The molecule has 1 aliphatic heterocycles. The number of carbonyl (C=O) groups is 2. The van der Waals surface area contributed by atoms with E-state index in [2.05, 4.69) is 33.0 Å². The van der Waals surface area contributed by atoms with Crippen molar-refractivity contribution >= 4 is 11.8 Å². The van der Waals surface area contributed by atoms with Gasteiger partial charge < -0.3 is 10.2 Å². The molecule has 2 amide bonds. The molecule has 2 atom stereocenters. The molecular formula is C17H30N2O2. The van der Waals surface area contributed by atoms with Gasteiger partial charge in [0.2, 0.25) is 11.8 Å². The number of nitrogens with one attached hydrogen (secondary N) is 1. The molecule has 2 rings (SSSR count). The third kappa shape index (κ3) is 2.69. The van der Waals surface area contributed by atoms with Crippen molar-refractivity contribution in [2.75, 3.05) is 0 Å². The van der Waals surface area contributed by atoms with Gasteiger partial charge in [-0.3, -0.25) is 9.59 Å². The van der Waals surface area contributed by atoms with Gasteiger partial charge in [0, 0.05) is 6.04 Å². The predicted octanol–water partition coefficient (Wildman–Crippen LogP) is 2.86. The Morgan fingerprint density at radius 1 is 1.14 bits per heavy atom. The highest BCUT2D eigenvalue weighted by atomic mass is 16.2. The number of amides is 2. The minimum absolute atomic E-state index is 0.0674. The normalized spacial score (nSPS) is 26.5. The minimum Gasteiger partial charge on any atom is -0.340 e. The number of rotatable bonds is 5. The van der Waals surface area contributed by atoms with Gasteiger partial charge in [0.25, 0.3) is 0 Å². The Balaban J connectivity index is 2.38. The molecule has 0 aromatic rings. The van der Waals surface area contributed by atoms with Gasteiger partial charge in [-0.2, -0.15) is 0 Å². The summed E-state index contributed by atoms with van der Waals surface area (Å²) in [6.45, 7) is 8.40. The molecule has 2 aliphatic rings. The summed E-state index contributed by atoms with van der Waals surface area (Å²) in [5.41, 5.74) is -0.594. The highest BCUT2D eigenvalue weighted by molar-refractivity contribution is 6.00. The van der Waals surface area contributed by atoms with E-state index >= 15 is 0 Å². The molecule has 1 spiro atoms. The van der Waals surface area contributed by atoms with E-state index in [-0.39, 0.29) is 29.8 Å². The fourth-order valence-electron chi connectivity index (χ4n) is 4.01. The average Bonchev–Trinajstić information content (AvgIpc) is 2.94. The van der Waals surface area contributed by atoms with Crippen molar-refractivity contribution in [2.24, 2.45) is 5.92 Å². The Morgan fingerprint density at radius 2 is 1.71 bits per heavy atom. The molecule has 0 radical (unpaired) electrons. The average molecular weight is 294 g/mol. The van der Waals surface area contributed by atoms with Gasteiger partial charge in [0.05, 0.1) is 0 Å². The van der Waals surface area contributed by atoms with E-state index in [1.54, 1.807) is 0 Å². The molecular weight excluding hydrogens is 264 g/mol. The Hall–Kier alpha value is -1.06. The van der Waals surface area contributed by atoms with Crippen molar-refractivity contribution in [1.82, 2.24) is 10.2 Å². The first-order valence-corrected chi connectivity index (χ1v) is 8.65. The zero-order valence-electron chi connectivity index (χ0n) is 13.9. The quantitative estimate of drug-likeness (QED) is 0.847. The lowest BCUT2D eigenvalue weighted by molar-refractivity contribution is -0.160. The summed E-state index contributed by atoms with van der Waals surface area (Å²) in [7, 11) is 0. The number of piperazine rings is 1. The molecule has 1 heterocycles. The zero-order valence-corrected chi connectivity index (χ0v) is 13.9. The SMILES string of the molecule is CCC(C)C1C(=O)NC2(CCCC2)C(=O)N1C(CC)CC. The molecule has 120 valence electrons. The molecule has 1 aliphatic carbocycles. The van der Waals surface area contributed by atoms with Gasteiger partial charge >= 0.3 is 0 Å². The second kappa shape index (κ2) is 6.37. The predicted molar refractivity (Wildman–Crippen MR) is 83.8 cm³/mol. The van der Waals surface area contributed by atoms with E-state index in [1.807, 2.05) is 4.90 Å². The van der Waals surface area contributed by atoms with Crippen LogP contribution in [0, 0.1) is 5.92 Å². The maximum absolute atomic E-state index is 13.2. The van der Waals surface area contributed by atoms with Crippen molar-refractivity contribution in [3.8, 4) is 0 Å². The highest BCUT2D eigenvalue weighted by Crippen LogP contribution is 2.37. The standard InChI is InChI=1S/C17H30N2O2/c1-5-12(4)14-15(20)18-17(10-8-9-11-17)16(21)19(14)13(6-2)7-3/h12-14H,5-11H2,1-4H3,(H,18,20). The number of hydrogen-bond donors (Lipinski definition) is 1. The van der Waals surface area contributed by atoms with E-state index < -0.39 is 5.54 Å². The Labute approximate surface area is 128 Å². The number of carbonyl (C=O) groups excluding carboxylic acids is 2. The lowest BCUT2D eigenvalue weighted by Crippen LogP contribution is -2.72. The van der Waals surface area contributed by atoms with Gasteiger partial charge in [0.15, 0.2) is 0 Å². The zero-order chi connectivity index (χ0) is 15.6. The van der Waals surface area contributed by atoms with E-state index in [9.17, 15) is 9.59 Å². The molecule has 1 saturated heterocycles. The van der Waals surface area contributed by atoms with Crippen LogP contribution in [0.15, 0.2) is 0 Å². The molecule has 1 saturated carbocycles. The van der Waals surface area contributed by atoms with E-state index in [0.29, 0.717) is 0 Å². The summed E-state index contributed by atoms with van der Waals surface area (Å²) in [6.07, 6.45) is 6.43. The first-order chi connectivity index (χ1) is 10.0. The van der Waals surface area contributed by atoms with Gasteiger partial charge in [-0.15, -0.1) is 0 Å². The van der Waals surface area contributed by atoms with Crippen LogP contribution in [0.5, 0.6) is 0 Å². The van der Waals surface area contributed by atoms with E-state index in [0.717, 1.165) is 44.9 Å². The first kappa shape index (κ1) is 16.3. The Bertz CT molecular complexity index is 398. The number of hydrogen-bond acceptors (Lipinski definition) is 2. The molecule has 0 aromatic carbocycles. The summed E-state index contributed by atoms with van der Waals surface area (Å²) in [6, 6.07) is -0.112. The van der Waals surface area contributed by atoms with Crippen LogP contribution in [0.25, 0.3) is 0 Å². The third-order valence-electron chi connectivity index (χ3n) is 5.55. The van der Waals surface area contributed by atoms with Crippen LogP contribution in [0.4, 0.5) is 0 Å². The van der Waals surface area contributed by atoms with Crippen molar-refractivity contribution < 1.29 is 9.59 Å². The second-order valence-electron chi connectivity index (χ2n) is 6.79. The smallest absolute Gasteiger partial charge is 0.249 e. The van der Waals surface area contributed by atoms with Crippen molar-refractivity contribution in [1.29, 1.82) is 0 Å². The van der Waals surface area contributed by atoms with Crippen LogP contribution in [-0.4, -0.2) is 34.3 Å². The molecule has 0 aromatic heterocycles. The Morgan fingerprint density at radius 3 is 2.19 bits per heavy atom. The van der Waals surface area contributed by atoms with Crippen LogP contribution in [0.3, 0.4) is 0 Å². The third-order valence-corrected chi connectivity index (χ3v) is 5.55. The van der Waals surface area contributed by atoms with Crippen LogP contribution in [-0.2, 0) is 9.59 Å². The van der Waals surface area contributed by atoms with Crippen LogP contribution < -0.4 is 5.32 Å². The largest absolute Gasteiger partial charge is 0.340 e.